The van der Waals surface area contributed by atoms with Gasteiger partial charge in [-0.2, -0.15) is 0 Å². The number of urea groups is 1. The van der Waals surface area contributed by atoms with Crippen LogP contribution in [0.1, 0.15) is 86.7 Å². The van der Waals surface area contributed by atoms with Gasteiger partial charge in [0.1, 0.15) is 12.1 Å². The van der Waals surface area contributed by atoms with Gasteiger partial charge >= 0.3 is 12.0 Å². The molecule has 1 heterocycles. The highest BCUT2D eigenvalue weighted by molar-refractivity contribution is 6.09. The molecule has 1 aliphatic carbocycles. The Balaban J connectivity index is 1.62. The molecule has 3 amide bonds. The fourth-order valence-corrected chi connectivity index (χ4v) is 4.21. The molecule has 7 nitrogen and oxygen atoms in total. The largest absolute Gasteiger partial charge is 0.456 e. The van der Waals surface area contributed by atoms with Crippen molar-refractivity contribution in [3.63, 3.8) is 0 Å². The lowest BCUT2D eigenvalue weighted by Crippen LogP contribution is -2.44. The van der Waals surface area contributed by atoms with E-state index in [0.29, 0.717) is 24.3 Å². The minimum atomic E-state index is -0.864. The number of carbonyl (C=O) groups excluding carboxylic acids is 4. The van der Waals surface area contributed by atoms with Crippen LogP contribution in [0.3, 0.4) is 0 Å². The molecule has 1 aromatic carbocycles. The van der Waals surface area contributed by atoms with Crippen molar-refractivity contribution in [3.8, 4) is 0 Å². The van der Waals surface area contributed by atoms with Crippen molar-refractivity contribution in [2.45, 2.75) is 70.8 Å². The first-order valence-electron chi connectivity index (χ1n) is 10.6. The Labute approximate surface area is 177 Å². The highest BCUT2D eigenvalue weighted by Gasteiger charge is 2.52. The van der Waals surface area contributed by atoms with E-state index < -0.39 is 30.7 Å². The predicted molar refractivity (Wildman–Crippen MR) is 111 cm³/mol. The SMILES string of the molecule is CC(C)c1ccc(C(=O)COC(=O)CN2C(=O)NC3(CCCC3)C2=O)c(C(C)C)c1. The van der Waals surface area contributed by atoms with Crippen molar-refractivity contribution in [2.24, 2.45) is 0 Å². The van der Waals surface area contributed by atoms with Gasteiger partial charge < -0.3 is 10.1 Å². The number of imide groups is 1. The molecule has 0 atom stereocenters. The van der Waals surface area contributed by atoms with Gasteiger partial charge in [-0.05, 0) is 35.8 Å². The number of rotatable bonds is 7. The van der Waals surface area contributed by atoms with Crippen LogP contribution in [0.25, 0.3) is 0 Å². The number of nitrogens with zero attached hydrogens (tertiary/aromatic N) is 1. The zero-order valence-corrected chi connectivity index (χ0v) is 18.1. The van der Waals surface area contributed by atoms with Crippen molar-refractivity contribution < 1.29 is 23.9 Å². The van der Waals surface area contributed by atoms with Crippen LogP contribution >= 0.6 is 0 Å². The molecule has 0 aromatic heterocycles. The topological polar surface area (TPSA) is 92.8 Å². The van der Waals surface area contributed by atoms with E-state index in [2.05, 4.69) is 19.2 Å². The van der Waals surface area contributed by atoms with Gasteiger partial charge in [0, 0.05) is 5.56 Å². The first-order chi connectivity index (χ1) is 14.1. The molecule has 162 valence electrons. The fourth-order valence-electron chi connectivity index (χ4n) is 4.21. The van der Waals surface area contributed by atoms with Crippen LogP contribution in [0.15, 0.2) is 18.2 Å². The molecule has 0 unspecified atom stereocenters. The number of amides is 3. The summed E-state index contributed by atoms with van der Waals surface area (Å²) in [5, 5.41) is 2.72. The lowest BCUT2D eigenvalue weighted by atomic mass is 9.90. The third-order valence-electron chi connectivity index (χ3n) is 6.02. The summed E-state index contributed by atoms with van der Waals surface area (Å²) < 4.78 is 5.12. The van der Waals surface area contributed by atoms with Gasteiger partial charge in [-0.15, -0.1) is 0 Å². The second-order valence-corrected chi connectivity index (χ2v) is 8.85. The van der Waals surface area contributed by atoms with Crippen LogP contribution in [0.5, 0.6) is 0 Å². The van der Waals surface area contributed by atoms with Crippen molar-refractivity contribution in [1.29, 1.82) is 0 Å². The molecule has 1 saturated heterocycles. The summed E-state index contributed by atoms with van der Waals surface area (Å²) in [5.74, 6) is -0.957. The Morgan fingerprint density at radius 2 is 1.77 bits per heavy atom. The minimum absolute atomic E-state index is 0.145. The monoisotopic (exact) mass is 414 g/mol. The smallest absolute Gasteiger partial charge is 0.326 e. The first kappa shape index (κ1) is 22.0. The first-order valence-corrected chi connectivity index (χ1v) is 10.6. The maximum Gasteiger partial charge on any atom is 0.326 e. The van der Waals surface area contributed by atoms with E-state index in [1.807, 2.05) is 26.0 Å². The van der Waals surface area contributed by atoms with E-state index in [-0.39, 0.29) is 17.6 Å². The predicted octanol–water partition coefficient (Wildman–Crippen LogP) is 3.52. The Hall–Kier alpha value is -2.70. The number of hydrogen-bond donors (Lipinski definition) is 1. The van der Waals surface area contributed by atoms with Crippen LogP contribution < -0.4 is 5.32 Å². The van der Waals surface area contributed by atoms with Crippen LogP contribution in [0.4, 0.5) is 4.79 Å². The quantitative estimate of drug-likeness (QED) is 0.419. The minimum Gasteiger partial charge on any atom is -0.456 e. The molecular formula is C23H30N2O5. The van der Waals surface area contributed by atoms with E-state index in [1.54, 1.807) is 6.07 Å². The lowest BCUT2D eigenvalue weighted by Gasteiger charge is -2.19. The zero-order chi connectivity index (χ0) is 22.1. The molecule has 30 heavy (non-hydrogen) atoms. The second kappa shape index (κ2) is 8.58. The number of benzene rings is 1. The van der Waals surface area contributed by atoms with Gasteiger partial charge in [-0.1, -0.05) is 58.7 Å². The summed E-state index contributed by atoms with van der Waals surface area (Å²) in [4.78, 5) is 50.6. The van der Waals surface area contributed by atoms with Gasteiger partial charge in [0.2, 0.25) is 5.78 Å². The normalized spacial score (nSPS) is 17.9. The third-order valence-corrected chi connectivity index (χ3v) is 6.02. The van der Waals surface area contributed by atoms with Crippen LogP contribution in [-0.2, 0) is 14.3 Å². The highest BCUT2D eigenvalue weighted by Crippen LogP contribution is 2.35. The number of ketones is 1. The Bertz CT molecular complexity index is 868. The van der Waals surface area contributed by atoms with Gasteiger partial charge in [0.15, 0.2) is 6.61 Å². The summed E-state index contributed by atoms with van der Waals surface area (Å²) in [6, 6.07) is 5.15. The average molecular weight is 415 g/mol. The van der Waals surface area contributed by atoms with Crippen molar-refractivity contribution >= 4 is 23.7 Å². The number of hydrogen-bond acceptors (Lipinski definition) is 5. The summed E-state index contributed by atoms with van der Waals surface area (Å²) in [6.45, 7) is 7.30. The van der Waals surface area contributed by atoms with E-state index in [0.717, 1.165) is 28.9 Å². The molecule has 0 bridgehead atoms. The van der Waals surface area contributed by atoms with E-state index in [9.17, 15) is 19.2 Å². The zero-order valence-electron chi connectivity index (χ0n) is 18.1. The maximum absolute atomic E-state index is 12.7. The number of ether oxygens (including phenoxy) is 1. The number of carbonyl (C=O) groups is 4. The van der Waals surface area contributed by atoms with Crippen molar-refractivity contribution in [3.05, 3.63) is 34.9 Å². The van der Waals surface area contributed by atoms with Crippen LogP contribution in [-0.4, -0.2) is 47.3 Å². The molecule has 1 spiro atoms. The fraction of sp³-hybridized carbons (Fsp3) is 0.565. The van der Waals surface area contributed by atoms with E-state index in [1.165, 1.54) is 0 Å². The lowest BCUT2D eigenvalue weighted by molar-refractivity contribution is -0.146. The summed E-state index contributed by atoms with van der Waals surface area (Å²) >= 11 is 0. The molecule has 1 N–H and O–H groups in total. The molecule has 0 radical (unpaired) electrons. The van der Waals surface area contributed by atoms with Gasteiger partial charge in [0.25, 0.3) is 5.91 Å². The third kappa shape index (κ3) is 4.25. The van der Waals surface area contributed by atoms with Gasteiger partial charge in [-0.3, -0.25) is 19.3 Å². The van der Waals surface area contributed by atoms with Gasteiger partial charge in [-0.25, -0.2) is 4.79 Å². The van der Waals surface area contributed by atoms with Crippen LogP contribution in [0.2, 0.25) is 0 Å². The summed E-state index contributed by atoms with van der Waals surface area (Å²) in [7, 11) is 0. The number of esters is 1. The Kier molecular flexibility index (Phi) is 6.29. The number of nitrogens with one attached hydrogen (secondary N) is 1. The maximum atomic E-state index is 12.7. The highest BCUT2D eigenvalue weighted by atomic mass is 16.5. The van der Waals surface area contributed by atoms with Gasteiger partial charge in [0.05, 0.1) is 0 Å². The molecule has 1 saturated carbocycles. The average Bonchev–Trinajstić information content (AvgIpc) is 3.26. The summed E-state index contributed by atoms with van der Waals surface area (Å²) in [5.41, 5.74) is 1.73. The number of Topliss-reactive ketones (excluding diaryl/α,β-unsaturated/α-hetero) is 1. The molecular weight excluding hydrogens is 384 g/mol. The standard InChI is InChI=1S/C23H30N2O5/c1-14(2)16-7-8-17(18(11-16)15(3)4)19(26)13-30-20(27)12-25-21(28)23(24-22(25)29)9-5-6-10-23/h7-8,11,14-15H,5-6,9-10,12-13H2,1-4H3,(H,24,29). The van der Waals surface area contributed by atoms with Crippen molar-refractivity contribution in [1.82, 2.24) is 10.2 Å². The summed E-state index contributed by atoms with van der Waals surface area (Å²) in [6.07, 6.45) is 2.91. The molecule has 3 rings (SSSR count). The Morgan fingerprint density at radius 1 is 1.10 bits per heavy atom. The molecule has 7 heteroatoms. The molecule has 2 fully saturated rings. The van der Waals surface area contributed by atoms with E-state index >= 15 is 0 Å². The molecule has 1 aliphatic heterocycles. The van der Waals surface area contributed by atoms with E-state index in [4.69, 9.17) is 4.74 Å². The molecule has 1 aromatic rings. The van der Waals surface area contributed by atoms with Crippen LogP contribution in [0, 0.1) is 0 Å². The Morgan fingerprint density at radius 3 is 2.37 bits per heavy atom. The molecule has 2 aliphatic rings. The van der Waals surface area contributed by atoms with Crippen molar-refractivity contribution in [2.75, 3.05) is 13.2 Å². The second-order valence-electron chi connectivity index (χ2n) is 8.85.